The van der Waals surface area contributed by atoms with Crippen LogP contribution in [-0.4, -0.2) is 44.4 Å². The van der Waals surface area contributed by atoms with Crippen molar-refractivity contribution in [1.82, 2.24) is 10.6 Å². The van der Waals surface area contributed by atoms with Crippen molar-refractivity contribution in [3.8, 4) is 0 Å². The minimum absolute atomic E-state index is 0. The van der Waals surface area contributed by atoms with E-state index in [0.717, 1.165) is 0 Å². The maximum absolute atomic E-state index is 11.7. The molecule has 0 aromatic rings. The molecule has 0 aromatic heterocycles. The van der Waals surface area contributed by atoms with E-state index in [1.165, 1.54) is 0 Å². The molecule has 0 aliphatic carbocycles. The SMILES string of the molecule is Cl.O=C(COC1CNC1)NCCC(F)(F)F. The summed E-state index contributed by atoms with van der Waals surface area (Å²) >= 11 is 0. The van der Waals surface area contributed by atoms with Crippen LogP contribution in [0.4, 0.5) is 13.2 Å². The molecule has 1 aliphatic rings. The molecular formula is C8H14ClF3N2O2. The number of halogens is 4. The lowest BCUT2D eigenvalue weighted by atomic mass is 10.2. The number of hydrogen-bond acceptors (Lipinski definition) is 3. The fourth-order valence-electron chi connectivity index (χ4n) is 0.968. The van der Waals surface area contributed by atoms with Gasteiger partial charge in [-0.25, -0.2) is 0 Å². The van der Waals surface area contributed by atoms with Crippen LogP contribution in [-0.2, 0) is 9.53 Å². The molecule has 8 heteroatoms. The predicted molar refractivity (Wildman–Crippen MR) is 53.5 cm³/mol. The summed E-state index contributed by atoms with van der Waals surface area (Å²) in [6, 6.07) is 0. The van der Waals surface area contributed by atoms with Crippen molar-refractivity contribution in [1.29, 1.82) is 0 Å². The van der Waals surface area contributed by atoms with Crippen LogP contribution < -0.4 is 10.6 Å². The molecule has 16 heavy (non-hydrogen) atoms. The van der Waals surface area contributed by atoms with Crippen LogP contribution in [0.1, 0.15) is 6.42 Å². The maximum Gasteiger partial charge on any atom is 0.390 e. The Morgan fingerprint density at radius 2 is 2.06 bits per heavy atom. The normalized spacial score (nSPS) is 16.2. The quantitative estimate of drug-likeness (QED) is 0.757. The molecule has 1 rings (SSSR count). The van der Waals surface area contributed by atoms with Gasteiger partial charge in [0.2, 0.25) is 5.91 Å². The van der Waals surface area contributed by atoms with Gasteiger partial charge in [-0.15, -0.1) is 12.4 Å². The molecule has 2 N–H and O–H groups in total. The fraction of sp³-hybridized carbons (Fsp3) is 0.875. The molecule has 0 atom stereocenters. The smallest absolute Gasteiger partial charge is 0.366 e. The standard InChI is InChI=1S/C8H13F3N2O2.ClH/c9-8(10,11)1-2-13-7(14)5-15-6-3-12-4-6;/h6,12H,1-5H2,(H,13,14);1H. The lowest BCUT2D eigenvalue weighted by molar-refractivity contribution is -0.137. The average Bonchev–Trinajstić information content (AvgIpc) is 1.98. The Bertz CT molecular complexity index is 222. The monoisotopic (exact) mass is 262 g/mol. The fourth-order valence-corrected chi connectivity index (χ4v) is 0.968. The van der Waals surface area contributed by atoms with Gasteiger partial charge in [-0.1, -0.05) is 0 Å². The number of amides is 1. The van der Waals surface area contributed by atoms with E-state index in [1.54, 1.807) is 0 Å². The lowest BCUT2D eigenvalue weighted by Crippen LogP contribution is -2.49. The van der Waals surface area contributed by atoms with Gasteiger partial charge in [-0.2, -0.15) is 13.2 Å². The van der Waals surface area contributed by atoms with E-state index in [4.69, 9.17) is 4.74 Å². The molecule has 0 unspecified atom stereocenters. The van der Waals surface area contributed by atoms with Gasteiger partial charge in [0.25, 0.3) is 0 Å². The van der Waals surface area contributed by atoms with E-state index in [0.29, 0.717) is 13.1 Å². The van der Waals surface area contributed by atoms with E-state index in [-0.39, 0.29) is 25.1 Å². The molecule has 0 bridgehead atoms. The van der Waals surface area contributed by atoms with E-state index >= 15 is 0 Å². The number of carbonyl (C=O) groups is 1. The third-order valence-corrected chi connectivity index (χ3v) is 1.92. The van der Waals surface area contributed by atoms with Crippen molar-refractivity contribution in [2.75, 3.05) is 26.2 Å². The van der Waals surface area contributed by atoms with Gasteiger partial charge in [0.15, 0.2) is 0 Å². The van der Waals surface area contributed by atoms with Crippen molar-refractivity contribution in [2.45, 2.75) is 18.7 Å². The number of carbonyl (C=O) groups excluding carboxylic acids is 1. The van der Waals surface area contributed by atoms with Crippen LogP contribution in [0.15, 0.2) is 0 Å². The number of nitrogens with one attached hydrogen (secondary N) is 2. The summed E-state index contributed by atoms with van der Waals surface area (Å²) in [7, 11) is 0. The van der Waals surface area contributed by atoms with Gasteiger partial charge in [-0.05, 0) is 0 Å². The number of alkyl halides is 3. The highest BCUT2D eigenvalue weighted by atomic mass is 35.5. The highest BCUT2D eigenvalue weighted by Crippen LogP contribution is 2.17. The molecule has 96 valence electrons. The first-order chi connectivity index (χ1) is 6.97. The van der Waals surface area contributed by atoms with Crippen LogP contribution in [0.5, 0.6) is 0 Å². The zero-order valence-electron chi connectivity index (χ0n) is 8.47. The van der Waals surface area contributed by atoms with Gasteiger partial charge in [0.05, 0.1) is 12.5 Å². The lowest BCUT2D eigenvalue weighted by Gasteiger charge is -2.26. The molecule has 1 amide bonds. The molecular weight excluding hydrogens is 249 g/mol. The van der Waals surface area contributed by atoms with E-state index in [1.807, 2.05) is 0 Å². The van der Waals surface area contributed by atoms with Crippen molar-refractivity contribution in [3.05, 3.63) is 0 Å². The Morgan fingerprint density at radius 3 is 2.50 bits per heavy atom. The van der Waals surface area contributed by atoms with Gasteiger partial charge >= 0.3 is 6.18 Å². The summed E-state index contributed by atoms with van der Waals surface area (Å²) in [4.78, 5) is 10.9. The number of hydrogen-bond donors (Lipinski definition) is 2. The molecule has 0 aromatic carbocycles. The first-order valence-electron chi connectivity index (χ1n) is 4.63. The van der Waals surface area contributed by atoms with Crippen LogP contribution in [0.3, 0.4) is 0 Å². The van der Waals surface area contributed by atoms with Crippen LogP contribution in [0, 0.1) is 0 Å². The highest BCUT2D eigenvalue weighted by molar-refractivity contribution is 5.85. The van der Waals surface area contributed by atoms with Gasteiger partial charge in [0, 0.05) is 19.6 Å². The Hall–Kier alpha value is -0.530. The first-order valence-corrected chi connectivity index (χ1v) is 4.63. The topological polar surface area (TPSA) is 50.4 Å². The largest absolute Gasteiger partial charge is 0.390 e. The molecule has 4 nitrogen and oxygen atoms in total. The summed E-state index contributed by atoms with van der Waals surface area (Å²) in [5.74, 6) is -0.508. The minimum Gasteiger partial charge on any atom is -0.366 e. The summed E-state index contributed by atoms with van der Waals surface area (Å²) in [5.41, 5.74) is 0. The summed E-state index contributed by atoms with van der Waals surface area (Å²) in [5, 5.41) is 5.08. The maximum atomic E-state index is 11.7. The Balaban J connectivity index is 0.00000225. The van der Waals surface area contributed by atoms with E-state index < -0.39 is 25.0 Å². The molecule has 0 spiro atoms. The second kappa shape index (κ2) is 6.93. The summed E-state index contributed by atoms with van der Waals surface area (Å²) < 4.78 is 40.1. The predicted octanol–water partition coefficient (Wildman–Crippen LogP) is 0.465. The molecule has 1 fully saturated rings. The molecule has 0 radical (unpaired) electrons. The second-order valence-electron chi connectivity index (χ2n) is 3.31. The first kappa shape index (κ1) is 15.5. The van der Waals surface area contributed by atoms with Gasteiger partial charge in [-0.3, -0.25) is 4.79 Å². The highest BCUT2D eigenvalue weighted by Gasteiger charge is 2.26. The van der Waals surface area contributed by atoms with Gasteiger partial charge < -0.3 is 15.4 Å². The number of rotatable bonds is 5. The molecule has 1 aliphatic heterocycles. The Morgan fingerprint density at radius 1 is 1.44 bits per heavy atom. The molecule has 1 saturated heterocycles. The van der Waals surface area contributed by atoms with Gasteiger partial charge in [0.1, 0.15) is 6.61 Å². The van der Waals surface area contributed by atoms with Crippen LogP contribution >= 0.6 is 12.4 Å². The second-order valence-corrected chi connectivity index (χ2v) is 3.31. The zero-order chi connectivity index (χ0) is 11.3. The van der Waals surface area contributed by atoms with Crippen molar-refractivity contribution >= 4 is 18.3 Å². The van der Waals surface area contributed by atoms with Crippen LogP contribution in [0.2, 0.25) is 0 Å². The average molecular weight is 263 g/mol. The minimum atomic E-state index is -4.23. The van der Waals surface area contributed by atoms with Crippen LogP contribution in [0.25, 0.3) is 0 Å². The molecule has 0 saturated carbocycles. The summed E-state index contributed by atoms with van der Waals surface area (Å²) in [6.45, 7) is 0.810. The number of ether oxygens (including phenoxy) is 1. The van der Waals surface area contributed by atoms with E-state index in [9.17, 15) is 18.0 Å². The third kappa shape index (κ3) is 6.86. The van der Waals surface area contributed by atoms with Crippen molar-refractivity contribution in [2.24, 2.45) is 0 Å². The zero-order valence-corrected chi connectivity index (χ0v) is 9.29. The summed E-state index contributed by atoms with van der Waals surface area (Å²) in [6.07, 6.45) is -5.23. The van der Waals surface area contributed by atoms with Crippen molar-refractivity contribution < 1.29 is 22.7 Å². The van der Waals surface area contributed by atoms with E-state index in [2.05, 4.69) is 10.6 Å². The molecule has 1 heterocycles. The Labute approximate surface area is 97.3 Å². The Kier molecular flexibility index (Phi) is 6.70. The van der Waals surface area contributed by atoms with Crippen molar-refractivity contribution in [3.63, 3.8) is 0 Å². The third-order valence-electron chi connectivity index (χ3n) is 1.92.